The van der Waals surface area contributed by atoms with Gasteiger partial charge in [-0.05, 0) is 54.7 Å². The number of nitrogens with two attached hydrogens (primary N) is 1. The van der Waals surface area contributed by atoms with E-state index in [1.807, 2.05) is 29.2 Å². The molecule has 1 heterocycles. The summed E-state index contributed by atoms with van der Waals surface area (Å²) in [5, 5.41) is 3.66. The molecule has 0 aliphatic carbocycles. The highest BCUT2D eigenvalue weighted by atomic mass is 35.5. The van der Waals surface area contributed by atoms with Gasteiger partial charge in [0.2, 0.25) is 0 Å². The van der Waals surface area contributed by atoms with Gasteiger partial charge in [0.15, 0.2) is 5.11 Å². The molecule has 1 fully saturated rings. The SMILES string of the molecule is COc1ccc(Cl)cc1C(=O)N1CCN(c2ccc(NC(N)=S)cc2)CC1. The smallest absolute Gasteiger partial charge is 0.257 e. The van der Waals surface area contributed by atoms with Crippen LogP contribution in [-0.2, 0) is 0 Å². The van der Waals surface area contributed by atoms with Crippen LogP contribution in [0.25, 0.3) is 0 Å². The number of rotatable bonds is 4. The topological polar surface area (TPSA) is 70.8 Å². The molecule has 1 saturated heterocycles. The summed E-state index contributed by atoms with van der Waals surface area (Å²) >= 11 is 10.9. The van der Waals surface area contributed by atoms with E-state index in [4.69, 9.17) is 34.3 Å². The molecule has 0 bridgehead atoms. The van der Waals surface area contributed by atoms with Gasteiger partial charge in [-0.25, -0.2) is 0 Å². The van der Waals surface area contributed by atoms with Crippen molar-refractivity contribution in [2.75, 3.05) is 43.5 Å². The Bertz CT molecular complexity index is 836. The zero-order valence-electron chi connectivity index (χ0n) is 14.9. The zero-order valence-corrected chi connectivity index (χ0v) is 16.5. The lowest BCUT2D eigenvalue weighted by atomic mass is 10.1. The van der Waals surface area contributed by atoms with E-state index < -0.39 is 0 Å². The molecule has 1 aliphatic heterocycles. The summed E-state index contributed by atoms with van der Waals surface area (Å²) in [5.41, 5.74) is 7.92. The van der Waals surface area contributed by atoms with Gasteiger partial charge in [0.25, 0.3) is 5.91 Å². The highest BCUT2D eigenvalue weighted by molar-refractivity contribution is 7.80. The van der Waals surface area contributed by atoms with E-state index in [-0.39, 0.29) is 11.0 Å². The molecule has 1 aliphatic rings. The summed E-state index contributed by atoms with van der Waals surface area (Å²) in [6, 6.07) is 13.0. The van der Waals surface area contributed by atoms with Crippen LogP contribution >= 0.6 is 23.8 Å². The Kier molecular flexibility index (Phi) is 6.03. The molecule has 142 valence electrons. The first kappa shape index (κ1) is 19.3. The van der Waals surface area contributed by atoms with Crippen molar-refractivity contribution in [2.24, 2.45) is 5.73 Å². The lowest BCUT2D eigenvalue weighted by molar-refractivity contribution is 0.0743. The number of nitrogens with one attached hydrogen (secondary N) is 1. The van der Waals surface area contributed by atoms with E-state index >= 15 is 0 Å². The van der Waals surface area contributed by atoms with Crippen molar-refractivity contribution in [3.8, 4) is 5.75 Å². The fourth-order valence-corrected chi connectivity index (χ4v) is 3.37. The second kappa shape index (κ2) is 8.45. The fraction of sp³-hybridized carbons (Fsp3) is 0.263. The molecule has 0 saturated carbocycles. The Hall–Kier alpha value is -2.51. The van der Waals surface area contributed by atoms with Gasteiger partial charge in [0.05, 0.1) is 12.7 Å². The van der Waals surface area contributed by atoms with E-state index in [0.717, 1.165) is 24.5 Å². The average molecular weight is 405 g/mol. The summed E-state index contributed by atoms with van der Waals surface area (Å²) in [6.07, 6.45) is 0. The molecule has 0 aromatic heterocycles. The Labute approximate surface area is 168 Å². The summed E-state index contributed by atoms with van der Waals surface area (Å²) in [5.74, 6) is 0.470. The van der Waals surface area contributed by atoms with E-state index in [0.29, 0.717) is 29.4 Å². The Balaban J connectivity index is 1.64. The summed E-state index contributed by atoms with van der Waals surface area (Å²) in [6.45, 7) is 2.75. The van der Waals surface area contributed by atoms with Crippen LogP contribution in [0.15, 0.2) is 42.5 Å². The Morgan fingerprint density at radius 2 is 1.81 bits per heavy atom. The van der Waals surface area contributed by atoms with Crippen molar-refractivity contribution >= 4 is 46.2 Å². The average Bonchev–Trinajstić information content (AvgIpc) is 2.68. The molecule has 0 spiro atoms. The quantitative estimate of drug-likeness (QED) is 0.763. The van der Waals surface area contributed by atoms with E-state index in [9.17, 15) is 4.79 Å². The minimum absolute atomic E-state index is 0.0648. The number of anilines is 2. The number of methoxy groups -OCH3 is 1. The molecule has 2 aromatic carbocycles. The van der Waals surface area contributed by atoms with E-state index in [1.165, 1.54) is 0 Å². The number of ether oxygens (including phenoxy) is 1. The fourth-order valence-electron chi connectivity index (χ4n) is 3.08. The van der Waals surface area contributed by atoms with E-state index in [2.05, 4.69) is 10.2 Å². The minimum Gasteiger partial charge on any atom is -0.496 e. The number of thiocarbonyl (C=S) groups is 1. The van der Waals surface area contributed by atoms with Gasteiger partial charge in [-0.2, -0.15) is 0 Å². The molecule has 2 aromatic rings. The summed E-state index contributed by atoms with van der Waals surface area (Å²) < 4.78 is 5.30. The van der Waals surface area contributed by atoms with Crippen LogP contribution in [0.5, 0.6) is 5.75 Å². The second-order valence-electron chi connectivity index (χ2n) is 6.16. The number of benzene rings is 2. The van der Waals surface area contributed by atoms with Crippen LogP contribution in [0.2, 0.25) is 5.02 Å². The molecule has 3 N–H and O–H groups in total. The standard InChI is InChI=1S/C19H21ClN4O2S/c1-26-17-7-2-13(20)12-16(17)18(25)24-10-8-23(9-11-24)15-5-3-14(4-6-15)22-19(21)27/h2-7,12H,8-11H2,1H3,(H3,21,22,27). The largest absolute Gasteiger partial charge is 0.496 e. The molecular formula is C19H21ClN4O2S. The third-order valence-corrected chi connectivity index (χ3v) is 4.80. The minimum atomic E-state index is -0.0648. The van der Waals surface area contributed by atoms with Gasteiger partial charge >= 0.3 is 0 Å². The van der Waals surface area contributed by atoms with E-state index in [1.54, 1.807) is 25.3 Å². The van der Waals surface area contributed by atoms with Crippen LogP contribution in [0, 0.1) is 0 Å². The maximum absolute atomic E-state index is 12.9. The van der Waals surface area contributed by atoms with Crippen molar-refractivity contribution < 1.29 is 9.53 Å². The predicted octanol–water partition coefficient (Wildman–Crippen LogP) is 2.97. The molecule has 0 atom stereocenters. The third kappa shape index (κ3) is 4.61. The monoisotopic (exact) mass is 404 g/mol. The molecule has 8 heteroatoms. The van der Waals surface area contributed by atoms with Gasteiger partial charge in [-0.3, -0.25) is 4.79 Å². The number of hydrogen-bond donors (Lipinski definition) is 2. The van der Waals surface area contributed by atoms with Gasteiger partial charge in [-0.15, -0.1) is 0 Å². The van der Waals surface area contributed by atoms with Crippen LogP contribution in [0.3, 0.4) is 0 Å². The van der Waals surface area contributed by atoms with Gasteiger partial charge in [0.1, 0.15) is 5.75 Å². The van der Waals surface area contributed by atoms with Crippen LogP contribution < -0.4 is 20.7 Å². The maximum atomic E-state index is 12.9. The molecule has 0 radical (unpaired) electrons. The second-order valence-corrected chi connectivity index (χ2v) is 7.04. The van der Waals surface area contributed by atoms with Crippen molar-refractivity contribution in [3.05, 3.63) is 53.1 Å². The summed E-state index contributed by atoms with van der Waals surface area (Å²) in [7, 11) is 1.55. The molecule has 0 unspecified atom stereocenters. The molecular weight excluding hydrogens is 384 g/mol. The number of carbonyl (C=O) groups excluding carboxylic acids is 1. The highest BCUT2D eigenvalue weighted by Crippen LogP contribution is 2.25. The van der Waals surface area contributed by atoms with Gasteiger partial charge < -0.3 is 25.6 Å². The first-order valence-corrected chi connectivity index (χ1v) is 9.31. The number of hydrogen-bond acceptors (Lipinski definition) is 4. The molecule has 27 heavy (non-hydrogen) atoms. The zero-order chi connectivity index (χ0) is 19.4. The normalized spacial score (nSPS) is 14.0. The predicted molar refractivity (Wildman–Crippen MR) is 113 cm³/mol. The Morgan fingerprint density at radius 3 is 2.41 bits per heavy atom. The Morgan fingerprint density at radius 1 is 1.15 bits per heavy atom. The number of nitrogens with zero attached hydrogens (tertiary/aromatic N) is 2. The first-order valence-electron chi connectivity index (χ1n) is 8.52. The van der Waals surface area contributed by atoms with Gasteiger partial charge in [0, 0.05) is 42.6 Å². The number of amides is 1. The van der Waals surface area contributed by atoms with Crippen molar-refractivity contribution in [1.82, 2.24) is 4.90 Å². The number of carbonyl (C=O) groups is 1. The van der Waals surface area contributed by atoms with Crippen molar-refractivity contribution in [1.29, 1.82) is 0 Å². The first-order chi connectivity index (χ1) is 13.0. The third-order valence-electron chi connectivity index (χ3n) is 4.46. The summed E-state index contributed by atoms with van der Waals surface area (Å²) in [4.78, 5) is 16.9. The number of halogens is 1. The van der Waals surface area contributed by atoms with Crippen LogP contribution in [0.4, 0.5) is 11.4 Å². The maximum Gasteiger partial charge on any atom is 0.257 e. The number of piperazine rings is 1. The van der Waals surface area contributed by atoms with Crippen molar-refractivity contribution in [3.63, 3.8) is 0 Å². The van der Waals surface area contributed by atoms with Crippen LogP contribution in [-0.4, -0.2) is 49.2 Å². The molecule has 1 amide bonds. The van der Waals surface area contributed by atoms with Gasteiger partial charge in [-0.1, -0.05) is 11.6 Å². The lowest BCUT2D eigenvalue weighted by Gasteiger charge is -2.36. The molecule has 6 nitrogen and oxygen atoms in total. The van der Waals surface area contributed by atoms with Crippen LogP contribution in [0.1, 0.15) is 10.4 Å². The highest BCUT2D eigenvalue weighted by Gasteiger charge is 2.24. The lowest BCUT2D eigenvalue weighted by Crippen LogP contribution is -2.48. The van der Waals surface area contributed by atoms with Crippen molar-refractivity contribution in [2.45, 2.75) is 0 Å². The molecule has 3 rings (SSSR count).